The van der Waals surface area contributed by atoms with Gasteiger partial charge in [0.15, 0.2) is 5.69 Å². The minimum atomic E-state index is -1.15. The third-order valence-electron chi connectivity index (χ3n) is 5.57. The molecule has 3 rings (SSSR count). The van der Waals surface area contributed by atoms with Crippen LogP contribution in [0, 0.1) is 25.6 Å². The summed E-state index contributed by atoms with van der Waals surface area (Å²) in [4.78, 5) is 40.6. The highest BCUT2D eigenvalue weighted by Gasteiger charge is 2.36. The van der Waals surface area contributed by atoms with Gasteiger partial charge in [0.05, 0.1) is 5.69 Å². The monoisotopic (exact) mass is 511 g/mol. The average molecular weight is 512 g/mol. The molecule has 5 N–H and O–H groups in total. The van der Waals surface area contributed by atoms with Crippen LogP contribution in [-0.4, -0.2) is 28.6 Å². The van der Waals surface area contributed by atoms with E-state index in [9.17, 15) is 18.8 Å². The second kappa shape index (κ2) is 11.3. The standard InChI is InChI=1S/C26H30FN5O3S/c1-14(2)9-10-30-25(34)22(17-5-7-18(27)8-6-17)32(19-12-15(3)11-16(4)13-19)26(35)23-20(28)21(24(29)33)31-36-23/h5-8,11-14,22H,9-10,28H2,1-4H3,(H2,29,33)(H,30,34)/t22-/m1/s1. The number of carbonyl (C=O) groups excluding carboxylic acids is 3. The zero-order valence-corrected chi connectivity index (χ0v) is 21.5. The molecule has 1 aromatic heterocycles. The lowest BCUT2D eigenvalue weighted by Gasteiger charge is -2.32. The summed E-state index contributed by atoms with van der Waals surface area (Å²) in [6.45, 7) is 8.23. The quantitative estimate of drug-likeness (QED) is 0.397. The number of rotatable bonds is 9. The number of aryl methyl sites for hydroxylation is 2. The fourth-order valence-electron chi connectivity index (χ4n) is 3.86. The first kappa shape index (κ1) is 26.8. The topological polar surface area (TPSA) is 131 Å². The molecular weight excluding hydrogens is 481 g/mol. The van der Waals surface area contributed by atoms with Gasteiger partial charge in [0.2, 0.25) is 5.91 Å². The number of nitrogens with two attached hydrogens (primary N) is 2. The van der Waals surface area contributed by atoms with Crippen molar-refractivity contribution in [3.8, 4) is 0 Å². The smallest absolute Gasteiger partial charge is 0.273 e. The highest BCUT2D eigenvalue weighted by molar-refractivity contribution is 7.09. The van der Waals surface area contributed by atoms with Crippen molar-refractivity contribution in [2.45, 2.75) is 40.2 Å². The summed E-state index contributed by atoms with van der Waals surface area (Å²) in [6.07, 6.45) is 0.739. The van der Waals surface area contributed by atoms with Gasteiger partial charge in [0, 0.05) is 12.2 Å². The summed E-state index contributed by atoms with van der Waals surface area (Å²) >= 11 is 0.734. The highest BCUT2D eigenvalue weighted by Crippen LogP contribution is 2.34. The number of hydrogen-bond donors (Lipinski definition) is 3. The van der Waals surface area contributed by atoms with Crippen LogP contribution < -0.4 is 21.7 Å². The third kappa shape index (κ3) is 6.06. The van der Waals surface area contributed by atoms with Gasteiger partial charge in [-0.1, -0.05) is 32.0 Å². The van der Waals surface area contributed by atoms with E-state index in [0.29, 0.717) is 23.7 Å². The van der Waals surface area contributed by atoms with Crippen molar-refractivity contribution in [1.29, 1.82) is 0 Å². The van der Waals surface area contributed by atoms with Gasteiger partial charge in [-0.2, -0.15) is 4.37 Å². The maximum Gasteiger partial charge on any atom is 0.273 e. The predicted octanol–water partition coefficient (Wildman–Crippen LogP) is 4.13. The molecule has 190 valence electrons. The second-order valence-electron chi connectivity index (χ2n) is 9.09. The van der Waals surface area contributed by atoms with E-state index in [1.54, 1.807) is 12.1 Å². The summed E-state index contributed by atoms with van der Waals surface area (Å²) in [5, 5.41) is 2.91. The summed E-state index contributed by atoms with van der Waals surface area (Å²) in [5.41, 5.74) is 13.7. The number of aromatic nitrogens is 1. The number of carbonyl (C=O) groups is 3. The lowest BCUT2D eigenvalue weighted by molar-refractivity contribution is -0.122. The highest BCUT2D eigenvalue weighted by atomic mass is 32.1. The lowest BCUT2D eigenvalue weighted by atomic mass is 10.0. The summed E-state index contributed by atoms with van der Waals surface area (Å²) in [5.74, 6) is -2.04. The van der Waals surface area contributed by atoms with Crippen molar-refractivity contribution in [1.82, 2.24) is 9.69 Å². The summed E-state index contributed by atoms with van der Waals surface area (Å²) in [6, 6.07) is 9.74. The van der Waals surface area contributed by atoms with Gasteiger partial charge in [0.25, 0.3) is 11.8 Å². The zero-order chi connectivity index (χ0) is 26.6. The van der Waals surface area contributed by atoms with Gasteiger partial charge in [-0.25, -0.2) is 4.39 Å². The zero-order valence-electron chi connectivity index (χ0n) is 20.7. The van der Waals surface area contributed by atoms with Crippen molar-refractivity contribution >= 4 is 40.6 Å². The largest absolute Gasteiger partial charge is 0.395 e. The maximum absolute atomic E-state index is 14.0. The van der Waals surface area contributed by atoms with E-state index in [2.05, 4.69) is 9.69 Å². The SMILES string of the molecule is Cc1cc(C)cc(N(C(=O)c2snc(C(N)=O)c2N)[C@@H](C(=O)NCCC(C)C)c2ccc(F)cc2)c1. The average Bonchev–Trinajstić information content (AvgIpc) is 3.18. The van der Waals surface area contributed by atoms with Gasteiger partial charge in [0.1, 0.15) is 16.7 Å². The van der Waals surface area contributed by atoms with Gasteiger partial charge in [-0.3, -0.25) is 19.3 Å². The Hall–Kier alpha value is -3.79. The Balaban J connectivity index is 2.19. The van der Waals surface area contributed by atoms with E-state index in [1.807, 2.05) is 33.8 Å². The fraction of sp³-hybridized carbons (Fsp3) is 0.308. The van der Waals surface area contributed by atoms with Crippen LogP contribution in [0.1, 0.15) is 63.2 Å². The van der Waals surface area contributed by atoms with E-state index in [-0.39, 0.29) is 16.3 Å². The van der Waals surface area contributed by atoms with Crippen LogP contribution in [0.2, 0.25) is 0 Å². The molecule has 0 radical (unpaired) electrons. The number of hydrogen-bond acceptors (Lipinski definition) is 6. The number of halogens is 1. The molecule has 0 bridgehead atoms. The Morgan fingerprint density at radius 1 is 1.08 bits per heavy atom. The number of amides is 3. The molecule has 0 saturated heterocycles. The van der Waals surface area contributed by atoms with Crippen molar-refractivity contribution in [2.24, 2.45) is 11.7 Å². The van der Waals surface area contributed by atoms with Crippen LogP contribution in [0.25, 0.3) is 0 Å². The Labute approximate surface area is 213 Å². The summed E-state index contributed by atoms with van der Waals surface area (Å²) in [7, 11) is 0. The number of nitrogens with one attached hydrogen (secondary N) is 1. The molecule has 3 amide bonds. The van der Waals surface area contributed by atoms with Crippen molar-refractivity contribution < 1.29 is 18.8 Å². The second-order valence-corrected chi connectivity index (χ2v) is 9.86. The van der Waals surface area contributed by atoms with Crippen LogP contribution >= 0.6 is 11.5 Å². The molecule has 8 nitrogen and oxygen atoms in total. The van der Waals surface area contributed by atoms with E-state index in [0.717, 1.165) is 29.1 Å². The first-order valence-electron chi connectivity index (χ1n) is 11.5. The van der Waals surface area contributed by atoms with Crippen molar-refractivity contribution in [3.63, 3.8) is 0 Å². The normalized spacial score (nSPS) is 11.8. The van der Waals surface area contributed by atoms with Crippen LogP contribution in [-0.2, 0) is 4.79 Å². The number of nitrogens with zero attached hydrogens (tertiary/aromatic N) is 2. The molecular formula is C26H30FN5O3S. The fourth-order valence-corrected chi connectivity index (χ4v) is 4.60. The molecule has 3 aromatic rings. The molecule has 0 spiro atoms. The molecule has 36 heavy (non-hydrogen) atoms. The van der Waals surface area contributed by atoms with E-state index in [4.69, 9.17) is 11.5 Å². The summed E-state index contributed by atoms with van der Waals surface area (Å²) < 4.78 is 17.7. The van der Waals surface area contributed by atoms with Gasteiger partial charge in [-0.05, 0) is 78.7 Å². The van der Waals surface area contributed by atoms with E-state index < -0.39 is 29.6 Å². The van der Waals surface area contributed by atoms with Crippen LogP contribution in [0.3, 0.4) is 0 Å². The Bertz CT molecular complexity index is 1250. The number of nitrogen functional groups attached to an aromatic ring is 1. The molecule has 2 aromatic carbocycles. The molecule has 0 aliphatic rings. The first-order chi connectivity index (χ1) is 17.0. The first-order valence-corrected chi connectivity index (χ1v) is 12.3. The van der Waals surface area contributed by atoms with Gasteiger partial charge < -0.3 is 16.8 Å². The molecule has 0 fully saturated rings. The van der Waals surface area contributed by atoms with Crippen molar-refractivity contribution in [3.05, 3.63) is 75.5 Å². The van der Waals surface area contributed by atoms with Gasteiger partial charge in [-0.15, -0.1) is 0 Å². The molecule has 10 heteroatoms. The minimum absolute atomic E-state index is 0.0231. The number of primary amides is 1. The predicted molar refractivity (Wildman–Crippen MR) is 139 cm³/mol. The van der Waals surface area contributed by atoms with Gasteiger partial charge >= 0.3 is 0 Å². The van der Waals surface area contributed by atoms with Crippen LogP contribution in [0.4, 0.5) is 15.8 Å². The van der Waals surface area contributed by atoms with Crippen molar-refractivity contribution in [2.75, 3.05) is 17.2 Å². The van der Waals surface area contributed by atoms with Crippen LogP contribution in [0.15, 0.2) is 42.5 Å². The molecule has 1 heterocycles. The minimum Gasteiger partial charge on any atom is -0.395 e. The van der Waals surface area contributed by atoms with Crippen LogP contribution in [0.5, 0.6) is 0 Å². The maximum atomic E-state index is 14.0. The lowest BCUT2D eigenvalue weighted by Crippen LogP contribution is -2.44. The molecule has 0 saturated carbocycles. The molecule has 0 aliphatic heterocycles. The Kier molecular flexibility index (Phi) is 8.41. The molecule has 0 aliphatic carbocycles. The Morgan fingerprint density at radius 2 is 1.69 bits per heavy atom. The van der Waals surface area contributed by atoms with E-state index >= 15 is 0 Å². The number of anilines is 2. The Morgan fingerprint density at radius 3 is 2.22 bits per heavy atom. The molecule has 0 unspecified atom stereocenters. The van der Waals surface area contributed by atoms with E-state index in [1.165, 1.54) is 29.2 Å². The third-order valence-corrected chi connectivity index (χ3v) is 6.42. The number of benzene rings is 2. The molecule has 1 atom stereocenters.